The fraction of sp³-hybridized carbons (Fsp3) is 0.556. The summed E-state index contributed by atoms with van der Waals surface area (Å²) < 4.78 is 14.8. The van der Waals surface area contributed by atoms with Crippen LogP contribution in [0.3, 0.4) is 0 Å². The molecule has 6 nitrogen and oxygen atoms in total. The number of fused-ring (bicyclic) bond motifs is 3. The molecule has 5 rings (SSSR count). The van der Waals surface area contributed by atoms with Crippen LogP contribution in [-0.4, -0.2) is 32.5 Å². The molecule has 2 saturated carbocycles. The van der Waals surface area contributed by atoms with Crippen molar-refractivity contribution in [3.8, 4) is 0 Å². The maximum Gasteiger partial charge on any atom is 0.163 e. The summed E-state index contributed by atoms with van der Waals surface area (Å²) in [4.78, 5) is 8.55. The van der Waals surface area contributed by atoms with Crippen molar-refractivity contribution >= 4 is 16.9 Å². The largest absolute Gasteiger partial charge is 0.383 e. The Balaban J connectivity index is 1.60. The van der Waals surface area contributed by atoms with Gasteiger partial charge < -0.3 is 19.8 Å². The lowest BCUT2D eigenvalue weighted by Gasteiger charge is -2.44. The van der Waals surface area contributed by atoms with Gasteiger partial charge in [0.05, 0.1) is 17.5 Å². The molecule has 0 aromatic carbocycles. The second-order valence-corrected chi connectivity index (χ2v) is 7.98. The summed E-state index contributed by atoms with van der Waals surface area (Å²) in [6, 6.07) is 2.18. The van der Waals surface area contributed by atoms with Gasteiger partial charge in [0.2, 0.25) is 0 Å². The molecule has 0 radical (unpaired) electrons. The van der Waals surface area contributed by atoms with Gasteiger partial charge >= 0.3 is 0 Å². The average Bonchev–Trinajstić information content (AvgIpc) is 3.11. The molecule has 2 aromatic heterocycles. The zero-order chi connectivity index (χ0) is 16.7. The van der Waals surface area contributed by atoms with Crippen LogP contribution in [0.4, 0.5) is 5.82 Å². The van der Waals surface area contributed by atoms with Crippen LogP contribution in [0.15, 0.2) is 30.7 Å². The van der Waals surface area contributed by atoms with E-state index in [0.29, 0.717) is 5.82 Å². The fourth-order valence-electron chi connectivity index (χ4n) is 5.00. The molecule has 2 N–H and O–H groups in total. The van der Waals surface area contributed by atoms with Gasteiger partial charge in [-0.25, -0.2) is 9.97 Å². The maximum atomic E-state index is 6.31. The molecule has 0 unspecified atom stereocenters. The monoisotopic (exact) mass is 326 g/mol. The molecule has 3 aliphatic rings. The van der Waals surface area contributed by atoms with Crippen LogP contribution < -0.4 is 5.73 Å². The number of aromatic nitrogens is 3. The van der Waals surface area contributed by atoms with Crippen molar-refractivity contribution < 1.29 is 9.47 Å². The number of rotatable bonds is 1. The average molecular weight is 326 g/mol. The van der Waals surface area contributed by atoms with Gasteiger partial charge in [-0.05, 0) is 39.2 Å². The molecule has 1 saturated heterocycles. The van der Waals surface area contributed by atoms with Crippen LogP contribution in [0.1, 0.15) is 39.2 Å². The Morgan fingerprint density at radius 2 is 2.08 bits per heavy atom. The van der Waals surface area contributed by atoms with E-state index in [1.165, 1.54) is 11.9 Å². The molecule has 3 atom stereocenters. The van der Waals surface area contributed by atoms with Gasteiger partial charge in [0.25, 0.3) is 0 Å². The van der Waals surface area contributed by atoms with Crippen molar-refractivity contribution in [1.29, 1.82) is 0 Å². The van der Waals surface area contributed by atoms with E-state index in [4.69, 9.17) is 15.2 Å². The molecule has 1 spiro atoms. The number of hydrogen-bond donors (Lipinski definition) is 1. The predicted octanol–water partition coefficient (Wildman–Crippen LogP) is 2.81. The Bertz CT molecular complexity index is 848. The summed E-state index contributed by atoms with van der Waals surface area (Å²) in [6.45, 7) is 8.13. The number of nitrogen functional groups attached to an aromatic ring is 1. The number of hydrogen-bond acceptors (Lipinski definition) is 5. The first-order chi connectivity index (χ1) is 11.4. The van der Waals surface area contributed by atoms with Gasteiger partial charge in [-0.2, -0.15) is 0 Å². The smallest absolute Gasteiger partial charge is 0.163 e. The first kappa shape index (κ1) is 14.4. The number of nitrogens with two attached hydrogens (primary N) is 1. The third-order valence-electron chi connectivity index (χ3n) is 5.83. The van der Waals surface area contributed by atoms with Crippen molar-refractivity contribution in [3.05, 3.63) is 30.7 Å². The lowest BCUT2D eigenvalue weighted by molar-refractivity contribution is -0.172. The van der Waals surface area contributed by atoms with Gasteiger partial charge in [0.1, 0.15) is 23.9 Å². The molecule has 3 fully saturated rings. The normalized spacial score (nSPS) is 33.1. The highest BCUT2D eigenvalue weighted by Crippen LogP contribution is 2.63. The van der Waals surface area contributed by atoms with Crippen LogP contribution >= 0.6 is 0 Å². The van der Waals surface area contributed by atoms with Gasteiger partial charge in [0, 0.05) is 11.6 Å². The fourth-order valence-corrected chi connectivity index (χ4v) is 5.00. The van der Waals surface area contributed by atoms with E-state index in [9.17, 15) is 0 Å². The maximum absolute atomic E-state index is 6.31. The summed E-state index contributed by atoms with van der Waals surface area (Å²) in [5.74, 6) is -0.0292. The number of allylic oxidation sites excluding steroid dienone is 1. The van der Waals surface area contributed by atoms with Crippen molar-refractivity contribution in [2.75, 3.05) is 5.73 Å². The van der Waals surface area contributed by atoms with Crippen molar-refractivity contribution in [2.24, 2.45) is 5.41 Å². The first-order valence-corrected chi connectivity index (χ1v) is 8.48. The Labute approximate surface area is 140 Å². The summed E-state index contributed by atoms with van der Waals surface area (Å²) in [5.41, 5.74) is 8.32. The Hall–Kier alpha value is -1.92. The van der Waals surface area contributed by atoms with Gasteiger partial charge in [-0.1, -0.05) is 12.2 Å². The van der Waals surface area contributed by atoms with E-state index in [1.54, 1.807) is 0 Å². The highest BCUT2D eigenvalue weighted by Gasteiger charge is 2.64. The van der Waals surface area contributed by atoms with Gasteiger partial charge in [-0.15, -0.1) is 0 Å². The van der Waals surface area contributed by atoms with Crippen LogP contribution in [-0.2, 0) is 9.47 Å². The Kier molecular flexibility index (Phi) is 2.63. The number of nitrogens with zero attached hydrogens (tertiary/aromatic N) is 3. The topological polar surface area (TPSA) is 75.2 Å². The van der Waals surface area contributed by atoms with Gasteiger partial charge in [0.15, 0.2) is 5.79 Å². The molecule has 2 aromatic rings. The van der Waals surface area contributed by atoms with Crippen LogP contribution in [0, 0.1) is 5.41 Å². The molecule has 1 aliphatic heterocycles. The molecule has 3 heterocycles. The van der Waals surface area contributed by atoms with E-state index < -0.39 is 5.79 Å². The summed E-state index contributed by atoms with van der Waals surface area (Å²) in [6.07, 6.45) is 6.79. The number of ether oxygens (including phenoxy) is 2. The van der Waals surface area contributed by atoms with Crippen LogP contribution in [0.25, 0.3) is 11.0 Å². The second kappa shape index (κ2) is 4.37. The molecule has 24 heavy (non-hydrogen) atoms. The molecular formula is C18H22N4O2. The third-order valence-corrected chi connectivity index (χ3v) is 5.83. The predicted molar refractivity (Wildman–Crippen MR) is 90.2 cm³/mol. The minimum atomic E-state index is -0.547. The Morgan fingerprint density at radius 3 is 2.83 bits per heavy atom. The Morgan fingerprint density at radius 1 is 1.29 bits per heavy atom. The minimum absolute atomic E-state index is 0.0277. The van der Waals surface area contributed by atoms with E-state index in [-0.39, 0.29) is 23.7 Å². The molecule has 0 bridgehead atoms. The standard InChI is InChI=1S/C18H22N4O2/c1-10-6-18(7-10)8-12(13-14(18)24-17(2,3)23-13)22-5-4-11-15(19)20-9-21-16(11)22/h4-5,9,12-14H,1,6-8H2,2-3H3,(H2,19,20,21)/t12-,13+,14+/m1/s1. The highest BCUT2D eigenvalue weighted by molar-refractivity contribution is 5.86. The van der Waals surface area contributed by atoms with Crippen LogP contribution in [0.2, 0.25) is 0 Å². The SMILES string of the molecule is C=C1CC2(C1)C[C@@H](n1ccc3c(N)ncnc31)[C@@H]1OC(C)(C)O[C@@H]12. The molecular weight excluding hydrogens is 304 g/mol. The zero-order valence-corrected chi connectivity index (χ0v) is 14.0. The summed E-state index contributed by atoms with van der Waals surface area (Å²) >= 11 is 0. The second-order valence-electron chi connectivity index (χ2n) is 7.98. The zero-order valence-electron chi connectivity index (χ0n) is 14.0. The van der Waals surface area contributed by atoms with E-state index in [1.807, 2.05) is 19.9 Å². The molecule has 6 heteroatoms. The third kappa shape index (κ3) is 1.78. The summed E-state index contributed by atoms with van der Waals surface area (Å²) in [7, 11) is 0. The van der Waals surface area contributed by atoms with E-state index in [2.05, 4.69) is 27.3 Å². The highest BCUT2D eigenvalue weighted by atomic mass is 16.8. The van der Waals surface area contributed by atoms with Crippen molar-refractivity contribution in [2.45, 2.75) is 57.1 Å². The molecule has 2 aliphatic carbocycles. The molecule has 0 amide bonds. The first-order valence-electron chi connectivity index (χ1n) is 8.48. The quantitative estimate of drug-likeness (QED) is 0.816. The molecule has 126 valence electrons. The lowest BCUT2D eigenvalue weighted by Crippen LogP contribution is -2.42. The van der Waals surface area contributed by atoms with Crippen molar-refractivity contribution in [1.82, 2.24) is 14.5 Å². The van der Waals surface area contributed by atoms with Crippen molar-refractivity contribution in [3.63, 3.8) is 0 Å². The van der Waals surface area contributed by atoms with E-state index >= 15 is 0 Å². The van der Waals surface area contributed by atoms with E-state index in [0.717, 1.165) is 30.3 Å². The van der Waals surface area contributed by atoms with Crippen LogP contribution in [0.5, 0.6) is 0 Å². The summed E-state index contributed by atoms with van der Waals surface area (Å²) in [5, 5.41) is 0.895. The lowest BCUT2D eigenvalue weighted by atomic mass is 9.63. The number of anilines is 1. The minimum Gasteiger partial charge on any atom is -0.383 e. The van der Waals surface area contributed by atoms with Gasteiger partial charge in [-0.3, -0.25) is 0 Å².